The van der Waals surface area contributed by atoms with E-state index in [1.807, 2.05) is 0 Å². The highest BCUT2D eigenvalue weighted by atomic mass is 79.9. The van der Waals surface area contributed by atoms with Crippen LogP contribution in [0.3, 0.4) is 0 Å². The molecule has 18 heavy (non-hydrogen) atoms. The van der Waals surface area contributed by atoms with Gasteiger partial charge in [0.25, 0.3) is 0 Å². The molecule has 5 heteroatoms. The Hall–Kier alpha value is -0.650. The Labute approximate surface area is 115 Å². The zero-order valence-corrected chi connectivity index (χ0v) is 11.7. The molecular weight excluding hydrogens is 301 g/mol. The van der Waals surface area contributed by atoms with Gasteiger partial charge in [0.05, 0.1) is 11.1 Å². The lowest BCUT2D eigenvalue weighted by molar-refractivity contribution is 0.185. The maximum absolute atomic E-state index is 13.0. The summed E-state index contributed by atoms with van der Waals surface area (Å²) >= 11 is 3.13. The number of hydrogen-bond acceptors (Lipinski definition) is 3. The number of ether oxygens (including phenoxy) is 2. The number of benzene rings is 1. The summed E-state index contributed by atoms with van der Waals surface area (Å²) in [6.45, 7) is 4.07. The molecule has 1 N–H and O–H groups in total. The summed E-state index contributed by atoms with van der Waals surface area (Å²) in [6.07, 6.45) is 1.14. The van der Waals surface area contributed by atoms with Gasteiger partial charge in [-0.25, -0.2) is 4.39 Å². The van der Waals surface area contributed by atoms with E-state index in [1.165, 1.54) is 6.07 Å². The summed E-state index contributed by atoms with van der Waals surface area (Å²) in [5.41, 5.74) is 0. The van der Waals surface area contributed by atoms with Crippen LogP contribution in [-0.4, -0.2) is 32.9 Å². The third-order valence-corrected chi connectivity index (χ3v) is 3.50. The normalized spacial score (nSPS) is 19.1. The first kappa shape index (κ1) is 13.8. The third kappa shape index (κ3) is 4.23. The van der Waals surface area contributed by atoms with Crippen molar-refractivity contribution in [1.29, 1.82) is 0 Å². The largest absolute Gasteiger partial charge is 0.492 e. The Morgan fingerprint density at radius 2 is 2.39 bits per heavy atom. The monoisotopic (exact) mass is 317 g/mol. The third-order valence-electron chi connectivity index (χ3n) is 2.90. The zero-order chi connectivity index (χ0) is 12.8. The predicted molar refractivity (Wildman–Crippen MR) is 71.4 cm³/mol. The maximum atomic E-state index is 13.0. The van der Waals surface area contributed by atoms with E-state index in [-0.39, 0.29) is 5.82 Å². The molecule has 1 aliphatic heterocycles. The van der Waals surface area contributed by atoms with Crippen LogP contribution in [-0.2, 0) is 4.74 Å². The molecule has 0 radical (unpaired) electrons. The van der Waals surface area contributed by atoms with Gasteiger partial charge in [-0.1, -0.05) is 0 Å². The van der Waals surface area contributed by atoms with Gasteiger partial charge >= 0.3 is 0 Å². The second kappa shape index (κ2) is 7.07. The Kier molecular flexibility index (Phi) is 5.41. The van der Waals surface area contributed by atoms with Gasteiger partial charge < -0.3 is 14.8 Å². The van der Waals surface area contributed by atoms with Crippen LogP contribution in [0.4, 0.5) is 4.39 Å². The fraction of sp³-hybridized carbons (Fsp3) is 0.538. The minimum Gasteiger partial charge on any atom is -0.492 e. The van der Waals surface area contributed by atoms with E-state index in [1.54, 1.807) is 12.1 Å². The number of nitrogens with one attached hydrogen (secondary N) is 1. The maximum Gasteiger partial charge on any atom is 0.137 e. The second-order valence-electron chi connectivity index (χ2n) is 4.36. The Balaban J connectivity index is 1.61. The molecule has 1 fully saturated rings. The van der Waals surface area contributed by atoms with Crippen LogP contribution in [0.2, 0.25) is 0 Å². The highest BCUT2D eigenvalue weighted by molar-refractivity contribution is 9.10. The first-order valence-electron chi connectivity index (χ1n) is 6.12. The van der Waals surface area contributed by atoms with Crippen LogP contribution in [0, 0.1) is 11.7 Å². The Morgan fingerprint density at radius 3 is 3.11 bits per heavy atom. The Bertz CT molecular complexity index is 383. The van der Waals surface area contributed by atoms with Crippen molar-refractivity contribution in [2.24, 2.45) is 5.92 Å². The molecular formula is C13H17BrFNO2. The van der Waals surface area contributed by atoms with Gasteiger partial charge in [0, 0.05) is 19.7 Å². The van der Waals surface area contributed by atoms with Crippen molar-refractivity contribution in [1.82, 2.24) is 5.32 Å². The predicted octanol–water partition coefficient (Wildman–Crippen LogP) is 2.59. The topological polar surface area (TPSA) is 30.5 Å². The zero-order valence-electron chi connectivity index (χ0n) is 10.1. The van der Waals surface area contributed by atoms with Crippen molar-refractivity contribution in [3.05, 3.63) is 28.5 Å². The van der Waals surface area contributed by atoms with E-state index in [0.29, 0.717) is 22.7 Å². The molecule has 100 valence electrons. The minimum absolute atomic E-state index is 0.276. The molecule has 0 spiro atoms. The summed E-state index contributed by atoms with van der Waals surface area (Å²) in [5, 5.41) is 3.33. The van der Waals surface area contributed by atoms with E-state index in [4.69, 9.17) is 9.47 Å². The summed E-state index contributed by atoms with van der Waals surface area (Å²) in [6, 6.07) is 4.66. The fourth-order valence-corrected chi connectivity index (χ4v) is 2.22. The van der Waals surface area contributed by atoms with Gasteiger partial charge in [0.1, 0.15) is 18.2 Å². The second-order valence-corrected chi connectivity index (χ2v) is 5.21. The van der Waals surface area contributed by atoms with Gasteiger partial charge in [-0.3, -0.25) is 0 Å². The van der Waals surface area contributed by atoms with Gasteiger partial charge in [0.2, 0.25) is 0 Å². The van der Waals surface area contributed by atoms with Crippen molar-refractivity contribution in [3.63, 3.8) is 0 Å². The molecule has 0 saturated carbocycles. The van der Waals surface area contributed by atoms with Crippen LogP contribution in [0.15, 0.2) is 22.7 Å². The fourth-order valence-electron chi connectivity index (χ4n) is 1.86. The molecule has 2 rings (SSSR count). The summed E-state index contributed by atoms with van der Waals surface area (Å²) < 4.78 is 24.2. The molecule has 1 heterocycles. The first-order chi connectivity index (χ1) is 8.75. The lowest BCUT2D eigenvalue weighted by Gasteiger charge is -2.10. The molecule has 1 aromatic carbocycles. The number of hydrogen-bond donors (Lipinski definition) is 1. The number of halogens is 2. The average molecular weight is 318 g/mol. The molecule has 0 bridgehead atoms. The molecule has 1 saturated heterocycles. The summed E-state index contributed by atoms with van der Waals surface area (Å²) in [7, 11) is 0. The van der Waals surface area contributed by atoms with Crippen molar-refractivity contribution in [2.45, 2.75) is 6.42 Å². The quantitative estimate of drug-likeness (QED) is 0.818. The van der Waals surface area contributed by atoms with E-state index >= 15 is 0 Å². The Morgan fingerprint density at radius 1 is 1.50 bits per heavy atom. The van der Waals surface area contributed by atoms with Gasteiger partial charge in [-0.15, -0.1) is 0 Å². The minimum atomic E-state index is -0.276. The van der Waals surface area contributed by atoms with Gasteiger partial charge in [-0.2, -0.15) is 0 Å². The summed E-state index contributed by atoms with van der Waals surface area (Å²) in [4.78, 5) is 0. The molecule has 3 nitrogen and oxygen atoms in total. The van der Waals surface area contributed by atoms with Crippen LogP contribution in [0.5, 0.6) is 5.75 Å². The van der Waals surface area contributed by atoms with Crippen LogP contribution in [0.1, 0.15) is 6.42 Å². The molecule has 1 aromatic rings. The molecule has 0 aliphatic carbocycles. The molecule has 0 amide bonds. The number of rotatable bonds is 6. The highest BCUT2D eigenvalue weighted by Crippen LogP contribution is 2.21. The van der Waals surface area contributed by atoms with Crippen LogP contribution < -0.4 is 10.1 Å². The average Bonchev–Trinajstić information content (AvgIpc) is 2.86. The van der Waals surface area contributed by atoms with Crippen LogP contribution >= 0.6 is 15.9 Å². The van der Waals surface area contributed by atoms with Gasteiger partial charge in [-0.05, 0) is 46.5 Å². The molecule has 1 aliphatic rings. The SMILES string of the molecule is Fc1ccc(OCCNCC2CCOC2)cc1Br. The van der Waals surface area contributed by atoms with E-state index in [2.05, 4.69) is 21.2 Å². The van der Waals surface area contributed by atoms with Crippen molar-refractivity contribution in [2.75, 3.05) is 32.9 Å². The van der Waals surface area contributed by atoms with Crippen molar-refractivity contribution < 1.29 is 13.9 Å². The lowest BCUT2D eigenvalue weighted by atomic mass is 10.1. The molecule has 1 atom stereocenters. The smallest absolute Gasteiger partial charge is 0.137 e. The van der Waals surface area contributed by atoms with E-state index in [9.17, 15) is 4.39 Å². The van der Waals surface area contributed by atoms with E-state index < -0.39 is 0 Å². The summed E-state index contributed by atoms with van der Waals surface area (Å²) in [5.74, 6) is 1.03. The standard InChI is InChI=1S/C13H17BrFNO2/c14-12-7-11(1-2-13(12)15)18-6-4-16-8-10-3-5-17-9-10/h1-2,7,10,16H,3-6,8-9H2. The highest BCUT2D eigenvalue weighted by Gasteiger charge is 2.14. The lowest BCUT2D eigenvalue weighted by Crippen LogP contribution is -2.27. The molecule has 0 aromatic heterocycles. The first-order valence-corrected chi connectivity index (χ1v) is 6.91. The molecule has 1 unspecified atom stereocenters. The van der Waals surface area contributed by atoms with Crippen molar-refractivity contribution in [3.8, 4) is 5.75 Å². The van der Waals surface area contributed by atoms with Crippen LogP contribution in [0.25, 0.3) is 0 Å². The van der Waals surface area contributed by atoms with E-state index in [0.717, 1.165) is 32.7 Å². The van der Waals surface area contributed by atoms with Gasteiger partial charge in [0.15, 0.2) is 0 Å². The van der Waals surface area contributed by atoms with Crippen molar-refractivity contribution >= 4 is 15.9 Å².